The van der Waals surface area contributed by atoms with Gasteiger partial charge < -0.3 is 24.2 Å². The number of anilines is 1. The fourth-order valence-corrected chi connectivity index (χ4v) is 4.46. The topological polar surface area (TPSA) is 94.1 Å². The Labute approximate surface area is 158 Å². The molecule has 0 aliphatic heterocycles. The van der Waals surface area contributed by atoms with Crippen LogP contribution in [0, 0.1) is 0 Å². The molecule has 7 nitrogen and oxygen atoms in total. The van der Waals surface area contributed by atoms with Crippen LogP contribution in [0.4, 0.5) is 5.69 Å². The summed E-state index contributed by atoms with van der Waals surface area (Å²) in [4.78, 5) is 11.6. The number of rotatable bonds is 9. The Hall–Kier alpha value is -2.34. The molecule has 0 saturated carbocycles. The van der Waals surface area contributed by atoms with Crippen molar-refractivity contribution in [3.05, 3.63) is 59.7 Å². The Balaban J connectivity index is 2.38. The molecular weight excluding hydrogens is 369 g/mol. The summed E-state index contributed by atoms with van der Waals surface area (Å²) in [5, 5.41) is 12.7. The molecule has 1 unspecified atom stereocenters. The zero-order valence-electron chi connectivity index (χ0n) is 15.5. The summed E-state index contributed by atoms with van der Waals surface area (Å²) < 4.78 is 29.1. The number of carbonyl (C=O) groups excluding carboxylic acids is 1. The number of methoxy groups -OCH3 is 1. The van der Waals surface area contributed by atoms with Crippen LogP contribution in [0.15, 0.2) is 48.5 Å². The number of benzene rings is 2. The molecule has 2 N–H and O–H groups in total. The Kier molecular flexibility index (Phi) is 7.42. The highest BCUT2D eigenvalue weighted by Gasteiger charge is 2.37. The Bertz CT molecular complexity index is 781. The van der Waals surface area contributed by atoms with Gasteiger partial charge in [0.05, 0.1) is 25.9 Å². The second-order valence-corrected chi connectivity index (χ2v) is 7.70. The van der Waals surface area contributed by atoms with E-state index < -0.39 is 19.3 Å². The lowest BCUT2D eigenvalue weighted by Gasteiger charge is -2.28. The van der Waals surface area contributed by atoms with E-state index in [0.29, 0.717) is 16.8 Å². The zero-order valence-corrected chi connectivity index (χ0v) is 16.4. The fourth-order valence-electron chi connectivity index (χ4n) is 2.53. The average Bonchev–Trinajstić information content (AvgIpc) is 2.67. The van der Waals surface area contributed by atoms with Gasteiger partial charge in [-0.25, -0.2) is 4.79 Å². The van der Waals surface area contributed by atoms with Crippen LogP contribution in [-0.2, 0) is 18.3 Å². The lowest BCUT2D eigenvalue weighted by atomic mass is 10.2. The molecule has 8 heteroatoms. The summed E-state index contributed by atoms with van der Waals surface area (Å²) in [5.74, 6) is -1.13. The molecule has 0 radical (unpaired) electrons. The molecule has 0 aliphatic carbocycles. The van der Waals surface area contributed by atoms with Crippen molar-refractivity contribution >= 4 is 19.3 Å². The number of ether oxygens (including phenoxy) is 1. The molecule has 2 aromatic carbocycles. The summed E-state index contributed by atoms with van der Waals surface area (Å²) in [6, 6.07) is 12.9. The number of hydrogen-bond acceptors (Lipinski definition) is 7. The number of aromatic hydroxyl groups is 1. The van der Waals surface area contributed by atoms with Gasteiger partial charge in [0.15, 0.2) is 5.78 Å². The van der Waals surface area contributed by atoms with Gasteiger partial charge in [0.2, 0.25) is 0 Å². The molecule has 2 aromatic rings. The minimum atomic E-state index is -3.55. The molecular formula is C19H24NO6P. The van der Waals surface area contributed by atoms with Gasteiger partial charge in [-0.05, 0) is 55.8 Å². The van der Waals surface area contributed by atoms with Crippen LogP contribution in [0.2, 0.25) is 0 Å². The molecule has 146 valence electrons. The fraction of sp³-hybridized carbons (Fsp3) is 0.316. The summed E-state index contributed by atoms with van der Waals surface area (Å²) in [6.07, 6.45) is 0. The van der Waals surface area contributed by atoms with Crippen LogP contribution in [0.5, 0.6) is 5.75 Å². The molecule has 0 aliphatic rings. The maximum atomic E-state index is 13.4. The molecule has 0 fully saturated rings. The van der Waals surface area contributed by atoms with Crippen LogP contribution < -0.4 is 5.32 Å². The molecule has 27 heavy (non-hydrogen) atoms. The first kappa shape index (κ1) is 21.0. The smallest absolute Gasteiger partial charge is 0.357 e. The molecule has 0 spiro atoms. The molecule has 1 atom stereocenters. The van der Waals surface area contributed by atoms with E-state index in [2.05, 4.69) is 10.1 Å². The number of phenols is 1. The van der Waals surface area contributed by atoms with E-state index in [4.69, 9.17) is 9.05 Å². The summed E-state index contributed by atoms with van der Waals surface area (Å²) >= 11 is 0. The molecule has 0 aromatic heterocycles. The van der Waals surface area contributed by atoms with Crippen molar-refractivity contribution < 1.29 is 28.3 Å². The number of nitrogens with one attached hydrogen (secondary N) is 1. The van der Waals surface area contributed by atoms with Gasteiger partial charge in [0.1, 0.15) is 5.75 Å². The first-order chi connectivity index (χ1) is 12.9. The standard InChI is InChI=1S/C19H24NO6P/c1-4-25-27(23,26-5-2)18(14-8-12-17(21)13-9-14)20-16-10-6-15(7-11-16)19(22)24-3/h6-13,18,20-21H,4-5H2,1-3H3. The second kappa shape index (κ2) is 9.55. The highest BCUT2D eigenvalue weighted by atomic mass is 31.2. The summed E-state index contributed by atoms with van der Waals surface area (Å²) in [6.45, 7) is 3.92. The van der Waals surface area contributed by atoms with E-state index in [1.165, 1.54) is 19.2 Å². The zero-order chi connectivity index (χ0) is 19.9. The summed E-state index contributed by atoms with van der Waals surface area (Å²) in [7, 11) is -2.24. The van der Waals surface area contributed by atoms with Gasteiger partial charge in [0, 0.05) is 5.69 Å². The Morgan fingerprint density at radius 3 is 2.07 bits per heavy atom. The monoisotopic (exact) mass is 393 g/mol. The first-order valence-electron chi connectivity index (χ1n) is 8.56. The summed E-state index contributed by atoms with van der Waals surface area (Å²) in [5.41, 5.74) is 1.66. The van der Waals surface area contributed by atoms with E-state index in [1.807, 2.05) is 0 Å². The van der Waals surface area contributed by atoms with Crippen LogP contribution in [-0.4, -0.2) is 31.4 Å². The van der Waals surface area contributed by atoms with Gasteiger partial charge in [-0.2, -0.15) is 0 Å². The largest absolute Gasteiger partial charge is 0.508 e. The first-order valence-corrected chi connectivity index (χ1v) is 10.2. The number of phenolic OH excluding ortho intramolecular Hbond substituents is 1. The third-order valence-corrected chi connectivity index (χ3v) is 6.05. The molecule has 2 rings (SSSR count). The second-order valence-electron chi connectivity index (χ2n) is 5.58. The van der Waals surface area contributed by atoms with Crippen molar-refractivity contribution in [2.24, 2.45) is 0 Å². The molecule has 0 amide bonds. The highest BCUT2D eigenvalue weighted by molar-refractivity contribution is 7.54. The normalized spacial score (nSPS) is 12.4. The maximum Gasteiger partial charge on any atom is 0.357 e. The predicted octanol–water partition coefficient (Wildman–Crippen LogP) is 4.56. The predicted molar refractivity (Wildman–Crippen MR) is 103 cm³/mol. The number of carbonyl (C=O) groups is 1. The number of hydrogen-bond donors (Lipinski definition) is 2. The minimum Gasteiger partial charge on any atom is -0.508 e. The van der Waals surface area contributed by atoms with Crippen LogP contribution in [0.1, 0.15) is 35.6 Å². The number of esters is 1. The third-order valence-electron chi connectivity index (χ3n) is 3.75. The van der Waals surface area contributed by atoms with E-state index in [1.54, 1.807) is 50.2 Å². The molecule has 0 bridgehead atoms. The Morgan fingerprint density at radius 2 is 1.59 bits per heavy atom. The van der Waals surface area contributed by atoms with Crippen molar-refractivity contribution in [3.8, 4) is 5.75 Å². The van der Waals surface area contributed by atoms with E-state index in [-0.39, 0.29) is 19.0 Å². The molecule has 0 saturated heterocycles. The lowest BCUT2D eigenvalue weighted by Crippen LogP contribution is -2.15. The van der Waals surface area contributed by atoms with Gasteiger partial charge in [-0.1, -0.05) is 12.1 Å². The van der Waals surface area contributed by atoms with Gasteiger partial charge in [-0.15, -0.1) is 0 Å². The van der Waals surface area contributed by atoms with Gasteiger partial charge in [-0.3, -0.25) is 4.57 Å². The van der Waals surface area contributed by atoms with E-state index in [9.17, 15) is 14.5 Å². The molecule has 0 heterocycles. The average molecular weight is 393 g/mol. The van der Waals surface area contributed by atoms with E-state index in [0.717, 1.165) is 0 Å². The van der Waals surface area contributed by atoms with Gasteiger partial charge >= 0.3 is 13.6 Å². The van der Waals surface area contributed by atoms with E-state index >= 15 is 0 Å². The SMILES string of the molecule is CCOP(=O)(OCC)C(Nc1ccc(C(=O)OC)cc1)c1ccc(O)cc1. The van der Waals surface area contributed by atoms with Gasteiger partial charge in [0.25, 0.3) is 0 Å². The van der Waals surface area contributed by atoms with Crippen molar-refractivity contribution in [1.82, 2.24) is 0 Å². The van der Waals surface area contributed by atoms with Crippen LogP contribution in [0.3, 0.4) is 0 Å². The van der Waals surface area contributed by atoms with Crippen molar-refractivity contribution in [3.63, 3.8) is 0 Å². The third kappa shape index (κ3) is 5.32. The lowest BCUT2D eigenvalue weighted by molar-refractivity contribution is 0.0600. The Morgan fingerprint density at radius 1 is 1.04 bits per heavy atom. The van der Waals surface area contributed by atoms with Crippen molar-refractivity contribution in [1.29, 1.82) is 0 Å². The maximum absolute atomic E-state index is 13.4. The minimum absolute atomic E-state index is 0.0996. The highest BCUT2D eigenvalue weighted by Crippen LogP contribution is 2.60. The van der Waals surface area contributed by atoms with Crippen molar-refractivity contribution in [2.75, 3.05) is 25.6 Å². The van der Waals surface area contributed by atoms with Crippen LogP contribution >= 0.6 is 7.60 Å². The van der Waals surface area contributed by atoms with Crippen molar-refractivity contribution in [2.45, 2.75) is 19.6 Å². The quantitative estimate of drug-likeness (QED) is 0.476. The van der Waals surface area contributed by atoms with Crippen LogP contribution in [0.25, 0.3) is 0 Å².